The van der Waals surface area contributed by atoms with E-state index in [4.69, 9.17) is 4.74 Å². The third kappa shape index (κ3) is 11.5. The summed E-state index contributed by atoms with van der Waals surface area (Å²) in [4.78, 5) is 25.0. The van der Waals surface area contributed by atoms with Crippen molar-refractivity contribution in [3.05, 3.63) is 81.6 Å². The predicted octanol–water partition coefficient (Wildman–Crippen LogP) is 6.23. The Labute approximate surface area is 216 Å². The zero-order chi connectivity index (χ0) is 27.9. The van der Waals surface area contributed by atoms with Gasteiger partial charge in [0.15, 0.2) is 12.0 Å². The molecule has 3 rings (SSSR count). The molecule has 0 radical (unpaired) electrons. The number of benzene rings is 2. The second kappa shape index (κ2) is 21.7. The van der Waals surface area contributed by atoms with Gasteiger partial charge in [-0.3, -0.25) is 9.59 Å². The number of carbonyl (C=O) groups excluding carboxylic acids is 1. The molecule has 0 spiro atoms. The van der Waals surface area contributed by atoms with E-state index in [-0.39, 0.29) is 5.69 Å². The van der Waals surface area contributed by atoms with Crippen LogP contribution in [0.1, 0.15) is 63.2 Å². The van der Waals surface area contributed by atoms with E-state index in [1.165, 1.54) is 11.6 Å². The molecule has 6 heteroatoms. The Balaban J connectivity index is 0. The van der Waals surface area contributed by atoms with Crippen molar-refractivity contribution in [2.75, 3.05) is 13.7 Å². The minimum atomic E-state index is -0.574. The Morgan fingerprint density at radius 3 is 2.08 bits per heavy atom. The molecule has 3 N–H and O–H groups in total. The van der Waals surface area contributed by atoms with Gasteiger partial charge in [-0.1, -0.05) is 77.1 Å². The number of rotatable bonds is 7. The SMILES string of the molecule is C#C.CC.CC.CCOc1ccccc1CC.CNCc1ccc(-c2cc(=O)c(O)c(C=O)[nH]2)cc1. The molecule has 0 fully saturated rings. The molecule has 196 valence electrons. The first-order valence-electron chi connectivity index (χ1n) is 12.2. The summed E-state index contributed by atoms with van der Waals surface area (Å²) in [7, 11) is 1.86. The van der Waals surface area contributed by atoms with E-state index in [0.717, 1.165) is 36.4 Å². The van der Waals surface area contributed by atoms with E-state index >= 15 is 0 Å². The molecule has 0 aliphatic heterocycles. The third-order valence-corrected chi connectivity index (χ3v) is 4.45. The van der Waals surface area contributed by atoms with Crippen LogP contribution in [0.4, 0.5) is 0 Å². The van der Waals surface area contributed by atoms with Crippen LogP contribution in [0.15, 0.2) is 59.4 Å². The fourth-order valence-electron chi connectivity index (χ4n) is 2.91. The van der Waals surface area contributed by atoms with Crippen LogP contribution < -0.4 is 15.5 Å². The second-order valence-electron chi connectivity index (χ2n) is 6.55. The molecule has 6 nitrogen and oxygen atoms in total. The molecule has 3 aromatic rings. The summed E-state index contributed by atoms with van der Waals surface area (Å²) in [6, 6.07) is 17.0. The smallest absolute Gasteiger partial charge is 0.224 e. The van der Waals surface area contributed by atoms with Gasteiger partial charge >= 0.3 is 0 Å². The molecular weight excluding hydrogens is 452 g/mol. The second-order valence-corrected chi connectivity index (χ2v) is 6.55. The predicted molar refractivity (Wildman–Crippen MR) is 152 cm³/mol. The van der Waals surface area contributed by atoms with Gasteiger partial charge in [0.05, 0.1) is 6.61 Å². The number of aromatic nitrogens is 1. The highest BCUT2D eigenvalue weighted by molar-refractivity contribution is 5.78. The Kier molecular flexibility index (Phi) is 20.7. The zero-order valence-electron chi connectivity index (χ0n) is 22.7. The van der Waals surface area contributed by atoms with Crippen molar-refractivity contribution in [1.29, 1.82) is 0 Å². The molecule has 0 bridgehead atoms. The lowest BCUT2D eigenvalue weighted by Gasteiger charge is -2.06. The molecule has 0 saturated carbocycles. The highest BCUT2D eigenvalue weighted by atomic mass is 16.5. The molecule has 0 aliphatic carbocycles. The maximum Gasteiger partial charge on any atom is 0.224 e. The van der Waals surface area contributed by atoms with Crippen molar-refractivity contribution < 1.29 is 14.6 Å². The molecule has 2 aromatic carbocycles. The van der Waals surface area contributed by atoms with Crippen LogP contribution in [0.3, 0.4) is 0 Å². The number of aromatic hydroxyl groups is 1. The fraction of sp³-hybridized carbons (Fsp3) is 0.333. The first kappa shape index (κ1) is 34.3. The number of nitrogens with one attached hydrogen (secondary N) is 2. The number of hydrogen-bond acceptors (Lipinski definition) is 5. The van der Waals surface area contributed by atoms with Crippen molar-refractivity contribution in [2.45, 2.75) is 54.5 Å². The Hall–Kier alpha value is -3.82. The van der Waals surface area contributed by atoms with E-state index in [0.29, 0.717) is 12.0 Å². The van der Waals surface area contributed by atoms with Gasteiger partial charge in [0.25, 0.3) is 0 Å². The Morgan fingerprint density at radius 2 is 1.58 bits per heavy atom. The maximum absolute atomic E-state index is 11.5. The summed E-state index contributed by atoms with van der Waals surface area (Å²) in [5, 5.41) is 12.4. The molecule has 36 heavy (non-hydrogen) atoms. The summed E-state index contributed by atoms with van der Waals surface area (Å²) in [6.45, 7) is 13.6. The van der Waals surface area contributed by atoms with Crippen LogP contribution in [-0.4, -0.2) is 30.0 Å². The number of pyridine rings is 1. The van der Waals surface area contributed by atoms with Gasteiger partial charge in [0.1, 0.15) is 11.4 Å². The Bertz CT molecular complexity index is 1050. The molecule has 0 atom stereocenters. The van der Waals surface area contributed by atoms with Gasteiger partial charge in [-0.05, 0) is 43.1 Å². The third-order valence-electron chi connectivity index (χ3n) is 4.45. The largest absolute Gasteiger partial charge is 0.503 e. The Morgan fingerprint density at radius 1 is 1.00 bits per heavy atom. The van der Waals surface area contributed by atoms with Gasteiger partial charge in [0, 0.05) is 18.3 Å². The standard InChI is InChI=1S/C14H14N2O3.C10H14O.2C2H6.C2H2/c1-15-7-9-2-4-10(5-3-9)11-6-13(18)14(19)12(8-17)16-11;1-3-9-7-5-6-8-10(9)11-4-2;3*1-2/h2-6,8,15,19H,7H2,1H3,(H,16,18);5-8H,3-4H2,1-2H3;2*1-2H3;1-2H. The number of ether oxygens (including phenoxy) is 1. The first-order valence-corrected chi connectivity index (χ1v) is 12.2. The van der Waals surface area contributed by atoms with Crippen LogP contribution in [-0.2, 0) is 13.0 Å². The number of H-pyrrole nitrogens is 1. The summed E-state index contributed by atoms with van der Waals surface area (Å²) in [5.41, 5.74) is 3.00. The number of hydrogen-bond donors (Lipinski definition) is 3. The topological polar surface area (TPSA) is 91.4 Å². The normalized spacial score (nSPS) is 8.81. The zero-order valence-corrected chi connectivity index (χ0v) is 22.7. The van der Waals surface area contributed by atoms with Crippen molar-refractivity contribution >= 4 is 6.29 Å². The van der Waals surface area contributed by atoms with E-state index in [1.54, 1.807) is 0 Å². The average Bonchev–Trinajstić information content (AvgIpc) is 2.95. The minimum absolute atomic E-state index is 0.109. The number of aldehydes is 1. The van der Waals surface area contributed by atoms with Gasteiger partial charge < -0.3 is 20.1 Å². The van der Waals surface area contributed by atoms with Crippen molar-refractivity contribution in [3.63, 3.8) is 0 Å². The summed E-state index contributed by atoms with van der Waals surface area (Å²) in [5.74, 6) is 0.475. The van der Waals surface area contributed by atoms with E-state index in [9.17, 15) is 14.7 Å². The number of terminal acetylenes is 1. The maximum atomic E-state index is 11.5. The van der Waals surface area contributed by atoms with Crippen LogP contribution in [0.5, 0.6) is 11.5 Å². The molecule has 0 unspecified atom stereocenters. The molecule has 0 aliphatic rings. The van der Waals surface area contributed by atoms with Crippen LogP contribution in [0.25, 0.3) is 11.3 Å². The molecule has 0 amide bonds. The number of para-hydroxylation sites is 1. The minimum Gasteiger partial charge on any atom is -0.503 e. The van der Waals surface area contributed by atoms with Crippen LogP contribution in [0.2, 0.25) is 0 Å². The molecular formula is C30H42N2O4. The lowest BCUT2D eigenvalue weighted by molar-refractivity contribution is 0.111. The van der Waals surface area contributed by atoms with Crippen molar-refractivity contribution in [1.82, 2.24) is 10.3 Å². The van der Waals surface area contributed by atoms with Crippen molar-refractivity contribution in [2.24, 2.45) is 0 Å². The summed E-state index contributed by atoms with van der Waals surface area (Å²) < 4.78 is 5.43. The van der Waals surface area contributed by atoms with E-state index in [1.807, 2.05) is 84.1 Å². The average molecular weight is 495 g/mol. The highest BCUT2D eigenvalue weighted by Crippen LogP contribution is 2.19. The molecule has 1 heterocycles. The van der Waals surface area contributed by atoms with Gasteiger partial charge in [-0.2, -0.15) is 0 Å². The summed E-state index contributed by atoms with van der Waals surface area (Å²) in [6.07, 6.45) is 9.46. The van der Waals surface area contributed by atoms with E-state index < -0.39 is 11.2 Å². The monoisotopic (exact) mass is 494 g/mol. The fourth-order valence-corrected chi connectivity index (χ4v) is 2.91. The first-order chi connectivity index (χ1) is 17.5. The lowest BCUT2D eigenvalue weighted by atomic mass is 10.1. The quantitative estimate of drug-likeness (QED) is 0.268. The van der Waals surface area contributed by atoms with Crippen molar-refractivity contribution in [3.8, 4) is 35.6 Å². The van der Waals surface area contributed by atoms with Gasteiger partial charge in [-0.15, -0.1) is 12.8 Å². The van der Waals surface area contributed by atoms with Gasteiger partial charge in [0.2, 0.25) is 5.43 Å². The van der Waals surface area contributed by atoms with E-state index in [2.05, 4.69) is 36.1 Å². The highest BCUT2D eigenvalue weighted by Gasteiger charge is 2.08. The molecule has 1 aromatic heterocycles. The number of aromatic amines is 1. The lowest BCUT2D eigenvalue weighted by Crippen LogP contribution is -2.06. The van der Waals surface area contributed by atoms with Crippen LogP contribution >= 0.6 is 0 Å². The van der Waals surface area contributed by atoms with Gasteiger partial charge in [-0.25, -0.2) is 0 Å². The number of carbonyl (C=O) groups is 1. The summed E-state index contributed by atoms with van der Waals surface area (Å²) >= 11 is 0. The van der Waals surface area contributed by atoms with Crippen LogP contribution in [0, 0.1) is 12.8 Å². The molecule has 0 saturated heterocycles. The number of aryl methyl sites for hydroxylation is 1.